The van der Waals surface area contributed by atoms with Crippen molar-refractivity contribution in [3.05, 3.63) is 82.2 Å². The van der Waals surface area contributed by atoms with Crippen LogP contribution in [0.2, 0.25) is 0 Å². The number of carbonyl (C=O) groups excluding carboxylic acids is 3. The lowest BCUT2D eigenvalue weighted by atomic mass is 9.89. The van der Waals surface area contributed by atoms with Crippen LogP contribution in [0.3, 0.4) is 0 Å². The summed E-state index contributed by atoms with van der Waals surface area (Å²) in [6.45, 7) is 12.2. The molecule has 0 radical (unpaired) electrons. The normalized spacial score (nSPS) is 20.0. The molecule has 6 heterocycles. The average molecular weight is 1040 g/mol. The zero-order valence-electron chi connectivity index (χ0n) is 39.9. The van der Waals surface area contributed by atoms with E-state index in [9.17, 15) is 18.9 Å². The zero-order chi connectivity index (χ0) is 49.3. The number of hydrogen-bond donors (Lipinski definition) is 3. The number of methoxy groups -OCH3 is 1. The fourth-order valence-electron chi connectivity index (χ4n) is 10.5. The highest BCUT2D eigenvalue weighted by Crippen LogP contribution is 2.42. The molecule has 2 atom stereocenters. The topological polar surface area (TPSA) is 178 Å². The monoisotopic (exact) mass is 1040 g/mol. The van der Waals surface area contributed by atoms with Crippen molar-refractivity contribution in [2.45, 2.75) is 70.3 Å². The highest BCUT2D eigenvalue weighted by atomic mass is 79.9. The zero-order valence-corrected chi connectivity index (χ0v) is 42.4. The number of anilines is 6. The lowest BCUT2D eigenvalue weighted by Crippen LogP contribution is -2.54. The minimum absolute atomic E-state index is 0.0574. The first-order valence-electron chi connectivity index (χ1n) is 24.1. The van der Waals surface area contributed by atoms with E-state index in [0.29, 0.717) is 93.8 Å². The molecule has 4 saturated heterocycles. The summed E-state index contributed by atoms with van der Waals surface area (Å²) in [5.41, 5.74) is 4.52. The van der Waals surface area contributed by atoms with Gasteiger partial charge in [-0.25, -0.2) is 13.8 Å². The van der Waals surface area contributed by atoms with Crippen LogP contribution in [0.15, 0.2) is 59.5 Å². The van der Waals surface area contributed by atoms with Gasteiger partial charge in [-0.05, 0) is 116 Å². The van der Waals surface area contributed by atoms with E-state index in [-0.39, 0.29) is 30.4 Å². The van der Waals surface area contributed by atoms with Crippen molar-refractivity contribution < 1.29 is 32.5 Å². The van der Waals surface area contributed by atoms with Gasteiger partial charge in [0.15, 0.2) is 0 Å². The first-order valence-corrected chi connectivity index (χ1v) is 27.5. The Morgan fingerprint density at radius 1 is 0.886 bits per heavy atom. The number of fused-ring (bicyclic) bond motifs is 1. The van der Waals surface area contributed by atoms with Crippen molar-refractivity contribution in [1.29, 1.82) is 0 Å². The third-order valence-corrected chi connectivity index (χ3v) is 16.4. The lowest BCUT2D eigenvalue weighted by molar-refractivity contribution is -0.134. The maximum Gasteiger partial charge on any atom is 0.234 e. The second-order valence-electron chi connectivity index (χ2n) is 19.0. The van der Waals surface area contributed by atoms with E-state index in [4.69, 9.17) is 9.72 Å². The van der Waals surface area contributed by atoms with Gasteiger partial charge in [-0.1, -0.05) is 6.92 Å². The van der Waals surface area contributed by atoms with E-state index in [1.807, 2.05) is 34.1 Å². The van der Waals surface area contributed by atoms with Gasteiger partial charge in [-0.15, -0.1) is 0 Å². The van der Waals surface area contributed by atoms with Crippen molar-refractivity contribution in [2.24, 2.45) is 5.92 Å². The van der Waals surface area contributed by atoms with E-state index in [0.717, 1.165) is 69.7 Å². The number of nitrogens with zero attached hydrogens (tertiary/aromatic N) is 8. The van der Waals surface area contributed by atoms with Crippen LogP contribution in [0.5, 0.6) is 5.75 Å². The smallest absolute Gasteiger partial charge is 0.234 e. The van der Waals surface area contributed by atoms with Crippen LogP contribution in [-0.2, 0) is 25.4 Å². The average Bonchev–Trinajstić information content (AvgIpc) is 3.34. The summed E-state index contributed by atoms with van der Waals surface area (Å²) >= 11 is 3.57. The molecule has 9 rings (SSSR count). The number of piperazine rings is 1. The van der Waals surface area contributed by atoms with Crippen LogP contribution in [0.1, 0.15) is 68.9 Å². The Morgan fingerprint density at radius 3 is 2.31 bits per heavy atom. The van der Waals surface area contributed by atoms with Crippen LogP contribution in [0.4, 0.5) is 43.3 Å². The predicted molar refractivity (Wildman–Crippen MR) is 272 cm³/mol. The second kappa shape index (κ2) is 21.0. The summed E-state index contributed by atoms with van der Waals surface area (Å²) in [7, 11) is -1.21. The molecule has 2 aromatic heterocycles. The molecule has 0 spiro atoms. The van der Waals surface area contributed by atoms with E-state index < -0.39 is 36.5 Å². The number of imide groups is 1. The summed E-state index contributed by atoms with van der Waals surface area (Å²) in [6.07, 6.45) is 9.89. The molecule has 4 aliphatic heterocycles. The molecule has 5 aromatic rings. The number of halogens is 3. The van der Waals surface area contributed by atoms with Crippen LogP contribution in [0.25, 0.3) is 11.0 Å². The minimum atomic E-state index is -2.81. The van der Waals surface area contributed by atoms with Gasteiger partial charge in [0.2, 0.25) is 23.7 Å². The third-order valence-electron chi connectivity index (χ3n) is 14.3. The fourth-order valence-corrected chi connectivity index (χ4v) is 12.2. The molecule has 0 bridgehead atoms. The summed E-state index contributed by atoms with van der Waals surface area (Å²) in [5.74, 6) is -1.66. The highest BCUT2D eigenvalue weighted by Gasteiger charge is 2.35. The van der Waals surface area contributed by atoms with Gasteiger partial charge in [-0.3, -0.25) is 34.6 Å². The Bertz CT molecular complexity index is 2830. The van der Waals surface area contributed by atoms with Crippen molar-refractivity contribution in [2.75, 3.05) is 93.2 Å². The van der Waals surface area contributed by atoms with Gasteiger partial charge in [0.05, 0.1) is 45.4 Å². The quantitative estimate of drug-likeness (QED) is 0.0728. The molecule has 2 unspecified atom stereocenters. The number of amides is 3. The number of aromatic nitrogens is 4. The third kappa shape index (κ3) is 10.7. The first-order chi connectivity index (χ1) is 33.7. The molecule has 70 heavy (non-hydrogen) atoms. The van der Waals surface area contributed by atoms with Gasteiger partial charge in [-0.2, -0.15) is 4.98 Å². The number of nitrogens with one attached hydrogen (secondary N) is 3. The number of hydrogen-bond acceptors (Lipinski definition) is 14. The van der Waals surface area contributed by atoms with Crippen LogP contribution in [0, 0.1) is 17.6 Å². The summed E-state index contributed by atoms with van der Waals surface area (Å²) in [4.78, 5) is 64.9. The number of piperidine rings is 3. The van der Waals surface area contributed by atoms with Crippen molar-refractivity contribution in [1.82, 2.24) is 35.1 Å². The van der Waals surface area contributed by atoms with E-state index in [1.165, 1.54) is 12.1 Å². The number of ether oxygens (including phenoxy) is 1. The van der Waals surface area contributed by atoms with Gasteiger partial charge in [0.25, 0.3) is 0 Å². The van der Waals surface area contributed by atoms with E-state index in [2.05, 4.69) is 63.6 Å². The number of carbonyl (C=O) groups is 3. The van der Waals surface area contributed by atoms with Gasteiger partial charge in [0.1, 0.15) is 35.9 Å². The van der Waals surface area contributed by atoms with Crippen molar-refractivity contribution in [3.63, 3.8) is 0 Å². The standard InChI is InChI=1S/C50H59BrF2N11O5P/c1-5-31-24-40(58-50-56-29-35(51)48(60-50)57-39-8-7-38-46(55-15-14-54-38)47(39)70(3,4)68)42(69-2)28-41(31)64-19-13-32(27-44(64)66)63-22-20-61(21-23-63)16-10-30-11-17-62(18-12-30)33-25-36(52)45(37(53)26-33)34-6-9-43(65)59-49(34)67/h7-8,14-15,24-26,28-30,32,34H,5-6,9-13,16-23,27H2,1-4H3,(H,59,65,67)(H2,56,57,58,60). The molecule has 3 N–H and O–H groups in total. The predicted octanol–water partition coefficient (Wildman–Crippen LogP) is 7.71. The molecule has 0 aliphatic carbocycles. The largest absolute Gasteiger partial charge is 0.494 e. The molecule has 4 aliphatic rings. The Balaban J connectivity index is 0.764. The highest BCUT2D eigenvalue weighted by molar-refractivity contribution is 9.10. The molecular formula is C50H59BrF2N11O5P. The summed E-state index contributed by atoms with van der Waals surface area (Å²) in [5, 5.41) is 9.46. The molecule has 0 saturated carbocycles. The van der Waals surface area contributed by atoms with Gasteiger partial charge in [0, 0.05) is 101 Å². The number of rotatable bonds is 14. The summed E-state index contributed by atoms with van der Waals surface area (Å²) in [6, 6.07) is 10.4. The molecule has 3 amide bonds. The van der Waals surface area contributed by atoms with Crippen LogP contribution < -0.4 is 35.8 Å². The molecule has 4 fully saturated rings. The Labute approximate surface area is 414 Å². The molecule has 3 aromatic carbocycles. The van der Waals surface area contributed by atoms with Crippen LogP contribution >= 0.6 is 23.1 Å². The minimum Gasteiger partial charge on any atom is -0.494 e. The van der Waals surface area contributed by atoms with E-state index in [1.54, 1.807) is 39.0 Å². The molecule has 20 heteroatoms. The maximum absolute atomic E-state index is 15.2. The number of benzene rings is 3. The Morgan fingerprint density at radius 2 is 1.63 bits per heavy atom. The Hall–Kier alpha value is -5.62. The lowest BCUT2D eigenvalue weighted by Gasteiger charge is -2.43. The fraction of sp³-hybridized carbons (Fsp3) is 0.460. The summed E-state index contributed by atoms with van der Waals surface area (Å²) < 4.78 is 50.5. The van der Waals surface area contributed by atoms with E-state index >= 15 is 8.78 Å². The molecular weight excluding hydrogens is 983 g/mol. The second-order valence-corrected chi connectivity index (χ2v) is 23.0. The maximum atomic E-state index is 15.2. The van der Waals surface area contributed by atoms with Gasteiger partial charge < -0.3 is 34.6 Å². The molecule has 16 nitrogen and oxygen atoms in total. The first kappa shape index (κ1) is 49.4. The van der Waals surface area contributed by atoms with Gasteiger partial charge >= 0.3 is 0 Å². The number of aryl methyl sites for hydroxylation is 1. The SMILES string of the molecule is CCc1cc(Nc2ncc(Br)c(Nc3ccc4nccnc4c3P(C)(C)=O)n2)c(OC)cc1N1CCC(N2CCN(CCC3CCN(c4cc(F)c(C5CCC(=O)NC5=O)c(F)c4)CC3)CC2)CC1=O. The Kier molecular flexibility index (Phi) is 14.8. The molecule has 370 valence electrons. The van der Waals surface area contributed by atoms with Crippen molar-refractivity contribution in [3.8, 4) is 5.75 Å². The van der Waals surface area contributed by atoms with Crippen LogP contribution in [-0.4, -0.2) is 126 Å². The van der Waals surface area contributed by atoms with Crippen molar-refractivity contribution >= 4 is 91.6 Å².